The van der Waals surface area contributed by atoms with Crippen molar-refractivity contribution in [2.75, 3.05) is 14.2 Å². The third-order valence-electron chi connectivity index (χ3n) is 2.07. The minimum Gasteiger partial charge on any atom is -0.496 e. The quantitative estimate of drug-likeness (QED) is 0.563. The summed E-state index contributed by atoms with van der Waals surface area (Å²) < 4.78 is 10.3. The Morgan fingerprint density at radius 3 is 2.36 bits per heavy atom. The number of hydrogen-bond acceptors (Lipinski definition) is 3. The highest BCUT2D eigenvalue weighted by atomic mass is 16.5. The molecule has 76 valence electrons. The molecule has 4 heteroatoms. The molecule has 0 aliphatic carbocycles. The topological polar surface area (TPSA) is 68.3 Å². The van der Waals surface area contributed by atoms with Crippen molar-refractivity contribution in [1.29, 1.82) is 5.41 Å². The highest BCUT2D eigenvalue weighted by Gasteiger charge is 2.12. The molecule has 14 heavy (non-hydrogen) atoms. The van der Waals surface area contributed by atoms with Gasteiger partial charge in [-0.2, -0.15) is 0 Å². The maximum atomic E-state index is 7.36. The van der Waals surface area contributed by atoms with Crippen LogP contribution in [-0.2, 0) is 0 Å². The molecule has 3 N–H and O–H groups in total. The van der Waals surface area contributed by atoms with Crippen LogP contribution in [0.3, 0.4) is 0 Å². The molecule has 0 fully saturated rings. The summed E-state index contributed by atoms with van der Waals surface area (Å²) in [6.07, 6.45) is 0. The first-order chi connectivity index (χ1) is 6.61. The molecule has 4 nitrogen and oxygen atoms in total. The van der Waals surface area contributed by atoms with Gasteiger partial charge in [0.05, 0.1) is 19.8 Å². The molecule has 0 aliphatic heterocycles. The van der Waals surface area contributed by atoms with Gasteiger partial charge in [-0.25, -0.2) is 0 Å². The average Bonchev–Trinajstić information content (AvgIpc) is 2.17. The third-order valence-corrected chi connectivity index (χ3v) is 2.07. The fourth-order valence-corrected chi connectivity index (χ4v) is 1.37. The number of nitrogens with one attached hydrogen (secondary N) is 1. The zero-order valence-corrected chi connectivity index (χ0v) is 8.55. The molecule has 0 bridgehead atoms. The summed E-state index contributed by atoms with van der Waals surface area (Å²) in [5.41, 5.74) is 6.85. The van der Waals surface area contributed by atoms with E-state index >= 15 is 0 Å². The zero-order valence-electron chi connectivity index (χ0n) is 8.55. The normalized spacial score (nSPS) is 9.64. The Kier molecular flexibility index (Phi) is 2.96. The van der Waals surface area contributed by atoms with Crippen molar-refractivity contribution in [2.24, 2.45) is 5.73 Å². The highest BCUT2D eigenvalue weighted by molar-refractivity contribution is 5.98. The van der Waals surface area contributed by atoms with Crippen molar-refractivity contribution < 1.29 is 9.47 Å². The first-order valence-electron chi connectivity index (χ1n) is 4.17. The van der Waals surface area contributed by atoms with Gasteiger partial charge in [0.15, 0.2) is 0 Å². The number of ether oxygens (including phenoxy) is 2. The van der Waals surface area contributed by atoms with Gasteiger partial charge in [0, 0.05) is 5.56 Å². The van der Waals surface area contributed by atoms with Crippen LogP contribution in [0.4, 0.5) is 0 Å². The van der Waals surface area contributed by atoms with Gasteiger partial charge < -0.3 is 15.2 Å². The Balaban J connectivity index is 3.35. The Morgan fingerprint density at radius 1 is 1.29 bits per heavy atom. The fourth-order valence-electron chi connectivity index (χ4n) is 1.37. The lowest BCUT2D eigenvalue weighted by Gasteiger charge is -2.13. The fraction of sp³-hybridized carbons (Fsp3) is 0.300. The molecule has 0 aliphatic rings. The van der Waals surface area contributed by atoms with E-state index in [4.69, 9.17) is 20.6 Å². The molecule has 0 saturated heterocycles. The van der Waals surface area contributed by atoms with Crippen LogP contribution >= 0.6 is 0 Å². The van der Waals surface area contributed by atoms with Crippen LogP contribution in [0.1, 0.15) is 11.1 Å². The number of amidine groups is 1. The molecule has 1 rings (SSSR count). The molecule has 1 aromatic carbocycles. The molecule has 0 unspecified atom stereocenters. The predicted molar refractivity (Wildman–Crippen MR) is 55.3 cm³/mol. The van der Waals surface area contributed by atoms with Gasteiger partial charge in [0.1, 0.15) is 17.3 Å². The smallest absolute Gasteiger partial charge is 0.136 e. The van der Waals surface area contributed by atoms with E-state index in [1.807, 2.05) is 6.92 Å². The summed E-state index contributed by atoms with van der Waals surface area (Å²) in [7, 11) is 3.14. The van der Waals surface area contributed by atoms with Crippen LogP contribution in [0.2, 0.25) is 0 Å². The molecule has 0 amide bonds. The maximum absolute atomic E-state index is 7.36. The Labute approximate surface area is 83.1 Å². The second-order valence-electron chi connectivity index (χ2n) is 2.89. The Hall–Kier alpha value is -1.71. The van der Waals surface area contributed by atoms with E-state index in [1.54, 1.807) is 26.4 Å². The van der Waals surface area contributed by atoms with E-state index in [2.05, 4.69) is 0 Å². The minimum absolute atomic E-state index is 0.00685. The largest absolute Gasteiger partial charge is 0.496 e. The molecule has 0 atom stereocenters. The molecule has 0 heterocycles. The van der Waals surface area contributed by atoms with Gasteiger partial charge >= 0.3 is 0 Å². The number of nitrogen functional groups attached to an aromatic ring is 1. The van der Waals surface area contributed by atoms with E-state index in [0.717, 1.165) is 11.3 Å². The lowest BCUT2D eigenvalue weighted by molar-refractivity contribution is 0.388. The van der Waals surface area contributed by atoms with Crippen molar-refractivity contribution in [1.82, 2.24) is 0 Å². The van der Waals surface area contributed by atoms with Gasteiger partial charge in [-0.3, -0.25) is 5.41 Å². The second-order valence-corrected chi connectivity index (χ2v) is 2.89. The van der Waals surface area contributed by atoms with E-state index < -0.39 is 0 Å². The summed E-state index contributed by atoms with van der Waals surface area (Å²) in [4.78, 5) is 0. The average molecular weight is 194 g/mol. The van der Waals surface area contributed by atoms with Gasteiger partial charge in [-0.1, -0.05) is 0 Å². The van der Waals surface area contributed by atoms with Crippen molar-refractivity contribution in [3.63, 3.8) is 0 Å². The minimum atomic E-state index is -0.00685. The van der Waals surface area contributed by atoms with Crippen LogP contribution in [0.25, 0.3) is 0 Å². The molecule has 0 spiro atoms. The molecular weight excluding hydrogens is 180 g/mol. The number of hydrogen-bond donors (Lipinski definition) is 2. The van der Waals surface area contributed by atoms with Gasteiger partial charge in [0.2, 0.25) is 0 Å². The number of rotatable bonds is 3. The Bertz CT molecular complexity index is 361. The molecule has 0 aromatic heterocycles. The van der Waals surface area contributed by atoms with Crippen molar-refractivity contribution in [3.05, 3.63) is 23.3 Å². The van der Waals surface area contributed by atoms with E-state index in [-0.39, 0.29) is 5.84 Å². The first kappa shape index (κ1) is 10.4. The number of benzene rings is 1. The van der Waals surface area contributed by atoms with E-state index in [9.17, 15) is 0 Å². The molecule has 0 saturated carbocycles. The maximum Gasteiger partial charge on any atom is 0.136 e. The van der Waals surface area contributed by atoms with Crippen LogP contribution in [-0.4, -0.2) is 20.1 Å². The van der Waals surface area contributed by atoms with E-state index in [0.29, 0.717) is 11.3 Å². The monoisotopic (exact) mass is 194 g/mol. The summed E-state index contributed by atoms with van der Waals surface area (Å²) in [5.74, 6) is 1.32. The van der Waals surface area contributed by atoms with Gasteiger partial charge in [-0.15, -0.1) is 0 Å². The third kappa shape index (κ3) is 1.64. The lowest BCUT2D eigenvalue weighted by Crippen LogP contribution is -2.13. The summed E-state index contributed by atoms with van der Waals surface area (Å²) >= 11 is 0. The van der Waals surface area contributed by atoms with E-state index in [1.165, 1.54) is 0 Å². The van der Waals surface area contributed by atoms with Crippen molar-refractivity contribution in [3.8, 4) is 11.5 Å². The van der Waals surface area contributed by atoms with Crippen LogP contribution in [0, 0.1) is 12.3 Å². The Morgan fingerprint density at radius 2 is 1.93 bits per heavy atom. The van der Waals surface area contributed by atoms with Crippen molar-refractivity contribution in [2.45, 2.75) is 6.92 Å². The van der Waals surface area contributed by atoms with Crippen LogP contribution in [0.15, 0.2) is 12.1 Å². The summed E-state index contributed by atoms with van der Waals surface area (Å²) in [5, 5.41) is 7.36. The number of methoxy groups -OCH3 is 2. The zero-order chi connectivity index (χ0) is 10.7. The summed E-state index contributed by atoms with van der Waals surface area (Å²) in [6.45, 7) is 1.87. The van der Waals surface area contributed by atoms with Gasteiger partial charge in [0.25, 0.3) is 0 Å². The SMILES string of the molecule is COc1ccc(C(=N)N)c(OC)c1C. The molecule has 1 aromatic rings. The van der Waals surface area contributed by atoms with Crippen LogP contribution in [0.5, 0.6) is 11.5 Å². The molecule has 0 radical (unpaired) electrons. The molecular formula is C10H14N2O2. The first-order valence-corrected chi connectivity index (χ1v) is 4.17. The standard InChI is InChI=1S/C10H14N2O2/c1-6-8(13-2)5-4-7(10(11)12)9(6)14-3/h4-5H,1-3H3,(H3,11,12). The van der Waals surface area contributed by atoms with Crippen LogP contribution < -0.4 is 15.2 Å². The highest BCUT2D eigenvalue weighted by Crippen LogP contribution is 2.30. The summed E-state index contributed by atoms with van der Waals surface area (Å²) in [6, 6.07) is 3.49. The second kappa shape index (κ2) is 4.00. The lowest BCUT2D eigenvalue weighted by atomic mass is 10.1. The van der Waals surface area contributed by atoms with Gasteiger partial charge in [-0.05, 0) is 19.1 Å². The predicted octanol–water partition coefficient (Wildman–Crippen LogP) is 1.30. The number of nitrogens with two attached hydrogens (primary N) is 1. The van der Waals surface area contributed by atoms with Crippen molar-refractivity contribution >= 4 is 5.84 Å².